The standard InChI is InChI=1S/C25H21N5O/c26-20-9-7-19(8-10-20)25(31)30-22-14-12-21(13-15-22)29-24-16-23(27-17-28-24)11-6-18-4-2-1-3-5-18/h1-17H,26H2,(H,30,31)(H,27,28,29). The molecule has 0 aliphatic carbocycles. The fraction of sp³-hybridized carbons (Fsp3) is 0. The smallest absolute Gasteiger partial charge is 0.255 e. The number of nitrogens with one attached hydrogen (secondary N) is 2. The molecule has 0 unspecified atom stereocenters. The Morgan fingerprint density at radius 1 is 0.806 bits per heavy atom. The van der Waals surface area contributed by atoms with Crippen LogP contribution < -0.4 is 16.4 Å². The van der Waals surface area contributed by atoms with Gasteiger partial charge in [-0.1, -0.05) is 36.4 Å². The second-order valence-electron chi connectivity index (χ2n) is 6.85. The second-order valence-corrected chi connectivity index (χ2v) is 6.85. The van der Waals surface area contributed by atoms with Crippen LogP contribution in [0.25, 0.3) is 12.2 Å². The molecule has 1 amide bonds. The van der Waals surface area contributed by atoms with Gasteiger partial charge >= 0.3 is 0 Å². The molecule has 4 rings (SSSR count). The summed E-state index contributed by atoms with van der Waals surface area (Å²) < 4.78 is 0. The fourth-order valence-corrected chi connectivity index (χ4v) is 2.90. The van der Waals surface area contributed by atoms with Crippen LogP contribution in [0.5, 0.6) is 0 Å². The third-order valence-electron chi connectivity index (χ3n) is 4.52. The van der Waals surface area contributed by atoms with E-state index >= 15 is 0 Å². The Bertz CT molecular complexity index is 1190. The van der Waals surface area contributed by atoms with E-state index in [9.17, 15) is 4.79 Å². The number of rotatable bonds is 6. The van der Waals surface area contributed by atoms with Crippen molar-refractivity contribution in [2.24, 2.45) is 0 Å². The van der Waals surface area contributed by atoms with Crippen LogP contribution in [0.15, 0.2) is 91.3 Å². The van der Waals surface area contributed by atoms with Gasteiger partial charge in [0.05, 0.1) is 5.69 Å². The number of aromatic nitrogens is 2. The summed E-state index contributed by atoms with van der Waals surface area (Å²) in [5.41, 5.74) is 10.3. The van der Waals surface area contributed by atoms with Gasteiger partial charge in [-0.2, -0.15) is 0 Å². The largest absolute Gasteiger partial charge is 0.399 e. The minimum Gasteiger partial charge on any atom is -0.399 e. The van der Waals surface area contributed by atoms with Crippen LogP contribution in [-0.4, -0.2) is 15.9 Å². The summed E-state index contributed by atoms with van der Waals surface area (Å²) in [6.07, 6.45) is 5.47. The maximum atomic E-state index is 12.3. The van der Waals surface area contributed by atoms with Crippen molar-refractivity contribution < 1.29 is 4.79 Å². The third-order valence-corrected chi connectivity index (χ3v) is 4.52. The number of hydrogen-bond donors (Lipinski definition) is 3. The van der Waals surface area contributed by atoms with E-state index in [2.05, 4.69) is 20.6 Å². The second kappa shape index (κ2) is 9.37. The summed E-state index contributed by atoms with van der Waals surface area (Å²) in [6.45, 7) is 0. The summed E-state index contributed by atoms with van der Waals surface area (Å²) in [4.78, 5) is 20.9. The van der Waals surface area contributed by atoms with Gasteiger partial charge in [-0.15, -0.1) is 0 Å². The number of benzene rings is 3. The van der Waals surface area contributed by atoms with Crippen LogP contribution in [0.1, 0.15) is 21.6 Å². The lowest BCUT2D eigenvalue weighted by molar-refractivity contribution is 0.102. The Balaban J connectivity index is 1.39. The lowest BCUT2D eigenvalue weighted by Crippen LogP contribution is -2.11. The highest BCUT2D eigenvalue weighted by molar-refractivity contribution is 6.04. The minimum atomic E-state index is -0.189. The summed E-state index contributed by atoms with van der Waals surface area (Å²) in [7, 11) is 0. The lowest BCUT2D eigenvalue weighted by atomic mass is 10.2. The SMILES string of the molecule is Nc1ccc(C(=O)Nc2ccc(Nc3cc(C=Cc4ccccc4)ncn3)cc2)cc1. The maximum Gasteiger partial charge on any atom is 0.255 e. The third kappa shape index (κ3) is 5.55. The first-order valence-electron chi connectivity index (χ1n) is 9.75. The molecule has 4 N–H and O–H groups in total. The molecular formula is C25H21N5O. The average Bonchev–Trinajstić information content (AvgIpc) is 2.80. The van der Waals surface area contributed by atoms with E-state index in [-0.39, 0.29) is 5.91 Å². The number of anilines is 4. The first-order valence-corrected chi connectivity index (χ1v) is 9.75. The zero-order valence-electron chi connectivity index (χ0n) is 16.7. The van der Waals surface area contributed by atoms with Gasteiger partial charge in [0.1, 0.15) is 12.1 Å². The molecule has 0 atom stereocenters. The van der Waals surface area contributed by atoms with E-state index < -0.39 is 0 Å². The Morgan fingerprint density at radius 2 is 1.52 bits per heavy atom. The number of nitrogen functional groups attached to an aromatic ring is 1. The fourth-order valence-electron chi connectivity index (χ4n) is 2.90. The molecule has 0 aliphatic rings. The molecule has 0 radical (unpaired) electrons. The number of nitrogens with two attached hydrogens (primary N) is 1. The number of nitrogens with zero attached hydrogens (tertiary/aromatic N) is 2. The van der Waals surface area contributed by atoms with Crippen molar-refractivity contribution in [2.45, 2.75) is 0 Å². The van der Waals surface area contributed by atoms with Gasteiger partial charge in [0.25, 0.3) is 5.91 Å². The molecule has 3 aromatic carbocycles. The van der Waals surface area contributed by atoms with Crippen LogP contribution in [0, 0.1) is 0 Å². The molecule has 0 spiro atoms. The van der Waals surface area contributed by atoms with E-state index in [1.807, 2.05) is 72.8 Å². The Hall–Kier alpha value is -4.45. The molecule has 6 heteroatoms. The first kappa shape index (κ1) is 19.8. The van der Waals surface area contributed by atoms with Gasteiger partial charge in [-0.05, 0) is 60.2 Å². The number of hydrogen-bond acceptors (Lipinski definition) is 5. The van der Waals surface area contributed by atoms with Gasteiger partial charge < -0.3 is 16.4 Å². The minimum absolute atomic E-state index is 0.189. The Labute approximate surface area is 180 Å². The highest BCUT2D eigenvalue weighted by Gasteiger charge is 2.06. The summed E-state index contributed by atoms with van der Waals surface area (Å²) >= 11 is 0. The Morgan fingerprint density at radius 3 is 2.26 bits per heavy atom. The molecule has 31 heavy (non-hydrogen) atoms. The van der Waals surface area contributed by atoms with E-state index in [0.717, 1.165) is 16.9 Å². The molecule has 1 aromatic heterocycles. The highest BCUT2D eigenvalue weighted by Crippen LogP contribution is 2.19. The van der Waals surface area contributed by atoms with Crippen molar-refractivity contribution in [3.63, 3.8) is 0 Å². The van der Waals surface area contributed by atoms with E-state index in [1.54, 1.807) is 24.3 Å². The van der Waals surface area contributed by atoms with Gasteiger partial charge in [0.2, 0.25) is 0 Å². The van der Waals surface area contributed by atoms with Crippen molar-refractivity contribution in [1.29, 1.82) is 0 Å². The molecule has 0 bridgehead atoms. The van der Waals surface area contributed by atoms with Crippen LogP contribution >= 0.6 is 0 Å². The predicted molar refractivity (Wildman–Crippen MR) is 126 cm³/mol. The molecule has 152 valence electrons. The van der Waals surface area contributed by atoms with Gasteiger partial charge in [-0.25, -0.2) is 9.97 Å². The Kier molecular flexibility index (Phi) is 6.00. The van der Waals surface area contributed by atoms with Crippen molar-refractivity contribution in [3.8, 4) is 0 Å². The number of carbonyl (C=O) groups excluding carboxylic acids is 1. The van der Waals surface area contributed by atoms with E-state index in [4.69, 9.17) is 5.73 Å². The quantitative estimate of drug-likeness (QED) is 0.381. The van der Waals surface area contributed by atoms with Crippen molar-refractivity contribution >= 4 is 40.9 Å². The molecule has 1 heterocycles. The zero-order valence-corrected chi connectivity index (χ0v) is 16.7. The van der Waals surface area contributed by atoms with Crippen molar-refractivity contribution in [1.82, 2.24) is 9.97 Å². The van der Waals surface area contributed by atoms with Gasteiger partial charge in [0, 0.05) is 28.7 Å². The van der Waals surface area contributed by atoms with Crippen LogP contribution in [0.4, 0.5) is 22.9 Å². The number of carbonyl (C=O) groups is 1. The molecule has 0 aliphatic heterocycles. The summed E-state index contributed by atoms with van der Waals surface area (Å²) in [6, 6.07) is 26.1. The van der Waals surface area contributed by atoms with E-state index in [0.29, 0.717) is 22.8 Å². The lowest BCUT2D eigenvalue weighted by Gasteiger charge is -2.09. The number of amides is 1. The van der Waals surface area contributed by atoms with Crippen molar-refractivity contribution in [3.05, 3.63) is 108 Å². The van der Waals surface area contributed by atoms with Crippen LogP contribution in [0.2, 0.25) is 0 Å². The molecule has 0 fully saturated rings. The zero-order chi connectivity index (χ0) is 21.5. The van der Waals surface area contributed by atoms with Gasteiger partial charge in [-0.3, -0.25) is 4.79 Å². The molecule has 0 saturated carbocycles. The molecule has 4 aromatic rings. The summed E-state index contributed by atoms with van der Waals surface area (Å²) in [5.74, 6) is 0.493. The molecular weight excluding hydrogens is 386 g/mol. The maximum absolute atomic E-state index is 12.3. The van der Waals surface area contributed by atoms with Crippen LogP contribution in [0.3, 0.4) is 0 Å². The predicted octanol–water partition coefficient (Wildman–Crippen LogP) is 5.23. The topological polar surface area (TPSA) is 92.9 Å². The molecule has 6 nitrogen and oxygen atoms in total. The molecule has 0 saturated heterocycles. The van der Waals surface area contributed by atoms with Crippen LogP contribution in [-0.2, 0) is 0 Å². The monoisotopic (exact) mass is 407 g/mol. The van der Waals surface area contributed by atoms with E-state index in [1.165, 1.54) is 6.33 Å². The van der Waals surface area contributed by atoms with Crippen molar-refractivity contribution in [2.75, 3.05) is 16.4 Å². The van der Waals surface area contributed by atoms with Gasteiger partial charge in [0.15, 0.2) is 0 Å². The summed E-state index contributed by atoms with van der Waals surface area (Å²) in [5, 5.41) is 6.12. The first-order chi connectivity index (χ1) is 15.2. The average molecular weight is 407 g/mol. The highest BCUT2D eigenvalue weighted by atomic mass is 16.1. The normalized spacial score (nSPS) is 10.7.